The molecule has 1 aromatic carbocycles. The first-order valence-corrected chi connectivity index (χ1v) is 15.2. The molecule has 1 saturated heterocycles. The highest BCUT2D eigenvalue weighted by Crippen LogP contribution is 2.36. The van der Waals surface area contributed by atoms with E-state index in [1.807, 2.05) is 24.3 Å². The maximum Gasteiger partial charge on any atom is 0.341 e. The van der Waals surface area contributed by atoms with Crippen molar-refractivity contribution in [2.75, 3.05) is 0 Å². The van der Waals surface area contributed by atoms with Gasteiger partial charge in [0.05, 0.1) is 39.5 Å². The number of carbonyl (C=O) groups is 1. The molecule has 43 heavy (non-hydrogen) atoms. The van der Waals surface area contributed by atoms with E-state index in [1.165, 1.54) is 12.1 Å². The highest BCUT2D eigenvalue weighted by molar-refractivity contribution is 7.91. The van der Waals surface area contributed by atoms with Crippen LogP contribution in [0.2, 0.25) is 0 Å². The van der Waals surface area contributed by atoms with Crippen LogP contribution >= 0.6 is 0 Å². The van der Waals surface area contributed by atoms with Gasteiger partial charge in [-0.15, -0.1) is 0 Å². The first-order valence-electron chi connectivity index (χ1n) is 13.7. The predicted octanol–water partition coefficient (Wildman–Crippen LogP) is 5.73. The summed E-state index contributed by atoms with van der Waals surface area (Å²) in [7, 11) is -4.82. The number of aromatic nitrogens is 3. The molecule has 3 aromatic heterocycles. The third kappa shape index (κ3) is 7.14. The Bertz CT molecular complexity index is 1750. The van der Waals surface area contributed by atoms with E-state index in [-0.39, 0.29) is 29.4 Å². The number of nitrogens with one attached hydrogen (secondary N) is 1. The van der Waals surface area contributed by atoms with Crippen molar-refractivity contribution >= 4 is 26.6 Å². The van der Waals surface area contributed by atoms with Gasteiger partial charge in [-0.2, -0.15) is 8.78 Å². The molecule has 0 unspecified atom stereocenters. The average Bonchev–Trinajstić information content (AvgIpc) is 2.94. The van der Waals surface area contributed by atoms with Gasteiger partial charge in [-0.25, -0.2) is 18.4 Å². The monoisotopic (exact) mass is 610 g/mol. The van der Waals surface area contributed by atoms with Crippen LogP contribution in [0.4, 0.5) is 8.78 Å². The normalized spacial score (nSPS) is 16.7. The Labute approximate surface area is 248 Å². The summed E-state index contributed by atoms with van der Waals surface area (Å²) in [5.41, 5.74) is 2.00. The van der Waals surface area contributed by atoms with Crippen molar-refractivity contribution in [1.82, 2.24) is 20.3 Å². The van der Waals surface area contributed by atoms with Crippen LogP contribution in [0.3, 0.4) is 0 Å². The summed E-state index contributed by atoms with van der Waals surface area (Å²) in [5, 5.41) is 3.43. The Kier molecular flexibility index (Phi) is 8.19. The van der Waals surface area contributed by atoms with Crippen molar-refractivity contribution in [2.45, 2.75) is 75.0 Å². The van der Waals surface area contributed by atoms with Crippen molar-refractivity contribution in [1.29, 1.82) is 0 Å². The second kappa shape index (κ2) is 11.6. The zero-order valence-electron chi connectivity index (χ0n) is 24.2. The molecule has 1 N–H and O–H groups in total. The van der Waals surface area contributed by atoms with E-state index in [2.05, 4.69) is 43.0 Å². The number of carbonyl (C=O) groups excluding carboxylic acids is 1. The van der Waals surface area contributed by atoms with Crippen LogP contribution in [0.15, 0.2) is 71.9 Å². The summed E-state index contributed by atoms with van der Waals surface area (Å²) < 4.78 is 61.7. The van der Waals surface area contributed by atoms with Crippen molar-refractivity contribution < 1.29 is 31.5 Å². The minimum atomic E-state index is -4.82. The van der Waals surface area contributed by atoms with Gasteiger partial charge < -0.3 is 14.8 Å². The number of benzene rings is 1. The highest BCUT2D eigenvalue weighted by atomic mass is 32.2. The molecule has 0 saturated carbocycles. The van der Waals surface area contributed by atoms with Gasteiger partial charge in [0.2, 0.25) is 15.7 Å². The van der Waals surface area contributed by atoms with Crippen molar-refractivity contribution in [3.05, 3.63) is 78.2 Å². The number of halogens is 2. The fourth-order valence-electron chi connectivity index (χ4n) is 5.36. The van der Waals surface area contributed by atoms with Crippen LogP contribution in [-0.2, 0) is 21.1 Å². The zero-order valence-corrected chi connectivity index (χ0v) is 25.0. The number of ether oxygens (including phenoxy) is 2. The predicted molar refractivity (Wildman–Crippen MR) is 156 cm³/mol. The van der Waals surface area contributed by atoms with Gasteiger partial charge in [0.15, 0.2) is 0 Å². The third-order valence-corrected chi connectivity index (χ3v) is 8.41. The maximum absolute atomic E-state index is 12.9. The van der Waals surface area contributed by atoms with E-state index in [9.17, 15) is 22.0 Å². The molecule has 1 aliphatic heterocycles. The number of nitrogens with zero attached hydrogens (tertiary/aromatic N) is 3. The number of sulfone groups is 1. The number of alkyl halides is 2. The molecule has 0 bridgehead atoms. The second-order valence-corrected chi connectivity index (χ2v) is 13.7. The third-order valence-electron chi connectivity index (χ3n) is 7.03. The van der Waals surface area contributed by atoms with Crippen LogP contribution in [0.25, 0.3) is 22.2 Å². The molecule has 226 valence electrons. The van der Waals surface area contributed by atoms with E-state index >= 15 is 0 Å². The summed E-state index contributed by atoms with van der Waals surface area (Å²) in [6.07, 6.45) is 4.85. The number of hydrogen-bond acceptors (Lipinski definition) is 8. The van der Waals surface area contributed by atoms with Gasteiger partial charge in [0.25, 0.3) is 5.91 Å². The van der Waals surface area contributed by atoms with Crippen molar-refractivity contribution in [2.24, 2.45) is 0 Å². The number of fused-ring (bicyclic) bond motifs is 1. The fraction of sp³-hybridized carbons (Fsp3) is 0.355. The number of amides is 1. The van der Waals surface area contributed by atoms with Gasteiger partial charge in [0, 0.05) is 47.8 Å². The molecule has 4 heterocycles. The average molecular weight is 611 g/mol. The molecule has 1 fully saturated rings. The Morgan fingerprint density at radius 3 is 2.44 bits per heavy atom. The van der Waals surface area contributed by atoms with E-state index < -0.39 is 26.4 Å². The second-order valence-electron chi connectivity index (χ2n) is 11.7. The van der Waals surface area contributed by atoms with Crippen molar-refractivity contribution in [3.63, 3.8) is 0 Å². The quantitative estimate of drug-likeness (QED) is 0.269. The maximum atomic E-state index is 12.9. The molecule has 0 radical (unpaired) electrons. The van der Waals surface area contributed by atoms with Crippen LogP contribution in [-0.4, -0.2) is 52.3 Å². The Hall–Kier alpha value is -4.03. The molecule has 1 aliphatic rings. The van der Waals surface area contributed by atoms with E-state index in [1.54, 1.807) is 18.5 Å². The van der Waals surface area contributed by atoms with E-state index in [0.29, 0.717) is 22.8 Å². The standard InChI is InChI=1S/C31H32F2N4O5S/c1-30(2)14-23(15-31(3,4)42-30)41-27-11-9-20(17-35-27)25-10-8-21-16-34-22(13-26(21)37-25)18-36-28(38)19-6-5-7-24(12-19)43(39,40)29(32)33/h5-13,16-17,23,29H,14-15,18H2,1-4H3,(H,36,38). The summed E-state index contributed by atoms with van der Waals surface area (Å²) in [6, 6.07) is 13.7. The van der Waals surface area contributed by atoms with E-state index in [0.717, 1.165) is 35.9 Å². The van der Waals surface area contributed by atoms with Crippen LogP contribution < -0.4 is 10.1 Å². The summed E-state index contributed by atoms with van der Waals surface area (Å²) >= 11 is 0. The van der Waals surface area contributed by atoms with Crippen LogP contribution in [0.1, 0.15) is 56.6 Å². The number of pyridine rings is 3. The summed E-state index contributed by atoms with van der Waals surface area (Å²) in [5.74, 6) is -3.68. The topological polar surface area (TPSA) is 120 Å². The highest BCUT2D eigenvalue weighted by Gasteiger charge is 2.40. The zero-order chi connectivity index (χ0) is 31.0. The first-order chi connectivity index (χ1) is 20.2. The van der Waals surface area contributed by atoms with Crippen LogP contribution in [0.5, 0.6) is 5.88 Å². The van der Waals surface area contributed by atoms with Gasteiger partial charge in [-0.05, 0) is 70.2 Å². The lowest BCUT2D eigenvalue weighted by molar-refractivity contribution is -0.182. The number of hydrogen-bond donors (Lipinski definition) is 1. The van der Waals surface area contributed by atoms with Gasteiger partial charge in [-0.3, -0.25) is 9.78 Å². The molecule has 0 atom stereocenters. The van der Waals surface area contributed by atoms with Crippen LogP contribution in [0, 0.1) is 0 Å². The lowest BCUT2D eigenvalue weighted by Gasteiger charge is -2.44. The molecular weight excluding hydrogens is 578 g/mol. The smallest absolute Gasteiger partial charge is 0.341 e. The molecule has 9 nitrogen and oxygen atoms in total. The minimum Gasteiger partial charge on any atom is -0.474 e. The van der Waals surface area contributed by atoms with Gasteiger partial charge >= 0.3 is 5.76 Å². The first kappa shape index (κ1) is 30.4. The lowest BCUT2D eigenvalue weighted by atomic mass is 9.87. The Balaban J connectivity index is 1.27. The number of rotatable bonds is 8. The largest absolute Gasteiger partial charge is 0.474 e. The molecule has 5 rings (SSSR count). The molecular formula is C31H32F2N4O5S. The molecule has 12 heteroatoms. The fourth-order valence-corrected chi connectivity index (χ4v) is 6.13. The molecule has 1 amide bonds. The Morgan fingerprint density at radius 2 is 1.77 bits per heavy atom. The molecule has 4 aromatic rings. The van der Waals surface area contributed by atoms with Gasteiger partial charge in [0.1, 0.15) is 6.10 Å². The molecule has 0 aliphatic carbocycles. The lowest BCUT2D eigenvalue weighted by Crippen LogP contribution is -2.49. The minimum absolute atomic E-state index is 0.0138. The van der Waals surface area contributed by atoms with Gasteiger partial charge in [-0.1, -0.05) is 6.07 Å². The summed E-state index contributed by atoms with van der Waals surface area (Å²) in [4.78, 5) is 25.6. The van der Waals surface area contributed by atoms with Crippen molar-refractivity contribution in [3.8, 4) is 17.1 Å². The molecule has 0 spiro atoms. The SMILES string of the molecule is CC1(C)CC(Oc2ccc(-c3ccc4cnc(CNC(=O)c5cccc(S(=O)(=O)C(F)F)c5)cc4n3)cn2)CC(C)(C)O1. The summed E-state index contributed by atoms with van der Waals surface area (Å²) in [6.45, 7) is 8.27. The Morgan fingerprint density at radius 1 is 1.02 bits per heavy atom. The van der Waals surface area contributed by atoms with E-state index in [4.69, 9.17) is 14.5 Å².